The highest BCUT2D eigenvalue weighted by atomic mass is 35.5. The summed E-state index contributed by atoms with van der Waals surface area (Å²) in [6.45, 7) is 5.46. The van der Waals surface area contributed by atoms with Crippen molar-refractivity contribution in [2.45, 2.75) is 18.9 Å². The number of benzene rings is 1. The minimum Gasteiger partial charge on any atom is -0.321 e. The number of hydrogen-bond donors (Lipinski definition) is 1. The molecular formula is C11H13ClFN. The van der Waals surface area contributed by atoms with Gasteiger partial charge in [-0.05, 0) is 31.0 Å². The summed E-state index contributed by atoms with van der Waals surface area (Å²) in [6.07, 6.45) is 2.32. The van der Waals surface area contributed by atoms with Crippen LogP contribution in [0, 0.1) is 5.82 Å². The van der Waals surface area contributed by atoms with Crippen LogP contribution in [0.25, 0.3) is 0 Å². The number of hydrogen-bond acceptors (Lipinski definition) is 1. The molecule has 1 rings (SSSR count). The molecule has 1 unspecified atom stereocenters. The maximum absolute atomic E-state index is 12.8. The van der Waals surface area contributed by atoms with Gasteiger partial charge in [-0.25, -0.2) is 4.39 Å². The number of halogens is 2. The molecule has 0 saturated carbocycles. The normalized spacial score (nSPS) is 14.9. The molecule has 0 aromatic heterocycles. The first-order valence-electron chi connectivity index (χ1n) is 4.32. The minimum atomic E-state index is -0.591. The van der Waals surface area contributed by atoms with Crippen molar-refractivity contribution in [3.63, 3.8) is 0 Å². The van der Waals surface area contributed by atoms with Crippen molar-refractivity contribution in [3.8, 4) is 0 Å². The molecular weight excluding hydrogens is 201 g/mol. The Morgan fingerprint density at radius 3 is 2.79 bits per heavy atom. The fraction of sp³-hybridized carbons (Fsp3) is 0.273. The minimum absolute atomic E-state index is 0.354. The third-order valence-electron chi connectivity index (χ3n) is 2.11. The van der Waals surface area contributed by atoms with Crippen LogP contribution in [0.3, 0.4) is 0 Å². The highest BCUT2D eigenvalue weighted by Gasteiger charge is 2.22. The molecule has 14 heavy (non-hydrogen) atoms. The van der Waals surface area contributed by atoms with Crippen LogP contribution in [0.1, 0.15) is 18.9 Å². The van der Waals surface area contributed by atoms with E-state index in [4.69, 9.17) is 17.3 Å². The molecule has 0 fully saturated rings. The fourth-order valence-electron chi connectivity index (χ4n) is 1.36. The first kappa shape index (κ1) is 11.2. The SMILES string of the molecule is C=CCC(C)(N)c1ccc(F)cc1Cl. The lowest BCUT2D eigenvalue weighted by molar-refractivity contribution is 0.501. The van der Waals surface area contributed by atoms with Crippen LogP contribution in [-0.4, -0.2) is 0 Å². The first-order valence-corrected chi connectivity index (χ1v) is 4.70. The van der Waals surface area contributed by atoms with Gasteiger partial charge in [0.1, 0.15) is 5.82 Å². The Kier molecular flexibility index (Phi) is 3.29. The molecule has 1 nitrogen and oxygen atoms in total. The summed E-state index contributed by atoms with van der Waals surface area (Å²) in [4.78, 5) is 0. The second-order valence-corrected chi connectivity index (χ2v) is 3.94. The van der Waals surface area contributed by atoms with E-state index in [-0.39, 0.29) is 5.82 Å². The maximum Gasteiger partial charge on any atom is 0.124 e. The molecule has 1 aromatic carbocycles. The van der Waals surface area contributed by atoms with Crippen LogP contribution in [-0.2, 0) is 5.54 Å². The van der Waals surface area contributed by atoms with Crippen molar-refractivity contribution in [3.05, 3.63) is 47.3 Å². The Labute approximate surface area is 88.4 Å². The molecule has 0 bridgehead atoms. The molecule has 0 aliphatic carbocycles. The zero-order valence-electron chi connectivity index (χ0n) is 8.06. The second kappa shape index (κ2) is 4.11. The van der Waals surface area contributed by atoms with Gasteiger partial charge in [0.2, 0.25) is 0 Å². The molecule has 2 N–H and O–H groups in total. The smallest absolute Gasteiger partial charge is 0.124 e. The Balaban J connectivity index is 3.12. The van der Waals surface area contributed by atoms with Gasteiger partial charge in [-0.3, -0.25) is 0 Å². The fourth-order valence-corrected chi connectivity index (χ4v) is 1.75. The second-order valence-electron chi connectivity index (χ2n) is 3.53. The molecule has 0 radical (unpaired) electrons. The number of rotatable bonds is 3. The molecule has 3 heteroatoms. The van der Waals surface area contributed by atoms with Crippen LogP contribution in [0.4, 0.5) is 4.39 Å². The Hall–Kier alpha value is -0.860. The molecule has 0 heterocycles. The lowest BCUT2D eigenvalue weighted by atomic mass is 9.90. The molecule has 0 spiro atoms. The summed E-state index contributed by atoms with van der Waals surface area (Å²) in [7, 11) is 0. The van der Waals surface area contributed by atoms with Crippen LogP contribution < -0.4 is 5.73 Å². The highest BCUT2D eigenvalue weighted by Crippen LogP contribution is 2.29. The van der Waals surface area contributed by atoms with Gasteiger partial charge >= 0.3 is 0 Å². The van der Waals surface area contributed by atoms with E-state index in [0.29, 0.717) is 11.4 Å². The Morgan fingerprint density at radius 2 is 2.29 bits per heavy atom. The molecule has 0 saturated heterocycles. The van der Waals surface area contributed by atoms with Crippen LogP contribution in [0.2, 0.25) is 5.02 Å². The van der Waals surface area contributed by atoms with E-state index in [2.05, 4.69) is 6.58 Å². The van der Waals surface area contributed by atoms with Gasteiger partial charge in [0.15, 0.2) is 0 Å². The zero-order valence-corrected chi connectivity index (χ0v) is 8.81. The molecule has 0 aliphatic heterocycles. The monoisotopic (exact) mass is 213 g/mol. The predicted octanol–water partition coefficient (Wildman–Crippen LogP) is 3.23. The van der Waals surface area contributed by atoms with E-state index < -0.39 is 5.54 Å². The van der Waals surface area contributed by atoms with Gasteiger partial charge in [0, 0.05) is 10.6 Å². The topological polar surface area (TPSA) is 26.0 Å². The largest absolute Gasteiger partial charge is 0.321 e. The van der Waals surface area contributed by atoms with Crippen LogP contribution in [0.5, 0.6) is 0 Å². The first-order chi connectivity index (χ1) is 6.47. The van der Waals surface area contributed by atoms with Crippen molar-refractivity contribution < 1.29 is 4.39 Å². The summed E-state index contributed by atoms with van der Waals surface area (Å²) in [5.41, 5.74) is 6.17. The quantitative estimate of drug-likeness (QED) is 0.767. The summed E-state index contributed by atoms with van der Waals surface area (Å²) < 4.78 is 12.8. The number of nitrogens with two attached hydrogens (primary N) is 1. The van der Waals surface area contributed by atoms with Gasteiger partial charge in [0.05, 0.1) is 0 Å². The van der Waals surface area contributed by atoms with Gasteiger partial charge in [0.25, 0.3) is 0 Å². The lowest BCUT2D eigenvalue weighted by Crippen LogP contribution is -2.32. The van der Waals surface area contributed by atoms with Crippen molar-refractivity contribution in [1.82, 2.24) is 0 Å². The van der Waals surface area contributed by atoms with Gasteiger partial charge in [-0.15, -0.1) is 6.58 Å². The Bertz CT molecular complexity index is 347. The molecule has 1 atom stereocenters. The van der Waals surface area contributed by atoms with Gasteiger partial charge in [-0.1, -0.05) is 23.7 Å². The van der Waals surface area contributed by atoms with E-state index in [0.717, 1.165) is 5.56 Å². The highest BCUT2D eigenvalue weighted by molar-refractivity contribution is 6.31. The average Bonchev–Trinajstić information content (AvgIpc) is 2.02. The Morgan fingerprint density at radius 1 is 1.64 bits per heavy atom. The van der Waals surface area contributed by atoms with Crippen molar-refractivity contribution in [2.75, 3.05) is 0 Å². The van der Waals surface area contributed by atoms with Crippen molar-refractivity contribution in [2.24, 2.45) is 5.73 Å². The molecule has 0 aliphatic rings. The van der Waals surface area contributed by atoms with Crippen molar-refractivity contribution >= 4 is 11.6 Å². The van der Waals surface area contributed by atoms with E-state index in [9.17, 15) is 4.39 Å². The predicted molar refractivity (Wildman–Crippen MR) is 57.8 cm³/mol. The van der Waals surface area contributed by atoms with E-state index >= 15 is 0 Å². The van der Waals surface area contributed by atoms with Crippen LogP contribution >= 0.6 is 11.6 Å². The molecule has 1 aromatic rings. The summed E-state index contributed by atoms with van der Waals surface area (Å²) >= 11 is 5.90. The van der Waals surface area contributed by atoms with Crippen molar-refractivity contribution in [1.29, 1.82) is 0 Å². The van der Waals surface area contributed by atoms with E-state index in [1.807, 2.05) is 6.92 Å². The molecule has 0 amide bonds. The summed E-state index contributed by atoms with van der Waals surface area (Å²) in [5, 5.41) is 0.358. The third kappa shape index (κ3) is 2.34. The standard InChI is InChI=1S/C11H13ClFN/c1-3-6-11(2,14)9-5-4-8(13)7-10(9)12/h3-5,7H,1,6,14H2,2H3. The summed E-state index contributed by atoms with van der Waals surface area (Å²) in [6, 6.07) is 4.24. The average molecular weight is 214 g/mol. The van der Waals surface area contributed by atoms with E-state index in [1.165, 1.54) is 12.1 Å². The third-order valence-corrected chi connectivity index (χ3v) is 2.43. The zero-order chi connectivity index (χ0) is 10.8. The lowest BCUT2D eigenvalue weighted by Gasteiger charge is -2.24. The maximum atomic E-state index is 12.8. The summed E-state index contributed by atoms with van der Waals surface area (Å²) in [5.74, 6) is -0.354. The molecule has 76 valence electrons. The van der Waals surface area contributed by atoms with Gasteiger partial charge in [-0.2, -0.15) is 0 Å². The van der Waals surface area contributed by atoms with E-state index in [1.54, 1.807) is 12.1 Å². The van der Waals surface area contributed by atoms with Crippen LogP contribution in [0.15, 0.2) is 30.9 Å². The van der Waals surface area contributed by atoms with Gasteiger partial charge < -0.3 is 5.73 Å².